The van der Waals surface area contributed by atoms with Gasteiger partial charge in [-0.25, -0.2) is 0 Å². The maximum absolute atomic E-state index is 5.76. The molecule has 0 aromatic carbocycles. The molecular formula is C12H18N2O. The highest BCUT2D eigenvalue weighted by Crippen LogP contribution is 2.21. The van der Waals surface area contributed by atoms with Gasteiger partial charge in [-0.15, -0.1) is 0 Å². The Morgan fingerprint density at radius 3 is 2.80 bits per heavy atom. The average Bonchev–Trinajstić information content (AvgIpc) is 2.20. The molecule has 2 heterocycles. The lowest BCUT2D eigenvalue weighted by molar-refractivity contribution is -0.0593. The van der Waals surface area contributed by atoms with Gasteiger partial charge in [0.1, 0.15) is 0 Å². The van der Waals surface area contributed by atoms with Gasteiger partial charge in [-0.2, -0.15) is 0 Å². The summed E-state index contributed by atoms with van der Waals surface area (Å²) in [5.41, 5.74) is 2.20. The predicted molar refractivity (Wildman–Crippen MR) is 59.7 cm³/mol. The van der Waals surface area contributed by atoms with Gasteiger partial charge < -0.3 is 10.1 Å². The minimum absolute atomic E-state index is 0.0544. The van der Waals surface area contributed by atoms with Crippen LogP contribution in [0, 0.1) is 6.92 Å². The highest BCUT2D eigenvalue weighted by molar-refractivity contribution is 5.15. The summed E-state index contributed by atoms with van der Waals surface area (Å²) in [5, 5.41) is 3.46. The minimum Gasteiger partial charge on any atom is -0.372 e. The standard InChI is InChI=1S/C12H18N2O/c1-9-4-5-10(13-6-9)11-7-15-12(2,3)8-14-11/h4-6,11,14H,7-8H2,1-3H3. The molecule has 1 aromatic rings. The first-order valence-electron chi connectivity index (χ1n) is 5.37. The summed E-state index contributed by atoms with van der Waals surface area (Å²) >= 11 is 0. The number of hydrogen-bond donors (Lipinski definition) is 1. The summed E-state index contributed by atoms with van der Waals surface area (Å²) < 4.78 is 5.76. The van der Waals surface area contributed by atoms with Crippen molar-refractivity contribution in [2.45, 2.75) is 32.4 Å². The van der Waals surface area contributed by atoms with Crippen LogP contribution in [0.4, 0.5) is 0 Å². The zero-order valence-corrected chi connectivity index (χ0v) is 9.58. The van der Waals surface area contributed by atoms with Crippen molar-refractivity contribution >= 4 is 0 Å². The van der Waals surface area contributed by atoms with Crippen molar-refractivity contribution in [1.29, 1.82) is 0 Å². The van der Waals surface area contributed by atoms with Crippen LogP contribution in [0.15, 0.2) is 18.3 Å². The molecule has 3 nitrogen and oxygen atoms in total. The van der Waals surface area contributed by atoms with E-state index in [2.05, 4.69) is 36.3 Å². The van der Waals surface area contributed by atoms with Gasteiger partial charge in [0.2, 0.25) is 0 Å². The van der Waals surface area contributed by atoms with Gasteiger partial charge >= 0.3 is 0 Å². The second-order valence-electron chi connectivity index (χ2n) is 4.76. The van der Waals surface area contributed by atoms with Crippen molar-refractivity contribution in [3.8, 4) is 0 Å². The summed E-state index contributed by atoms with van der Waals surface area (Å²) in [6.45, 7) is 7.80. The highest BCUT2D eigenvalue weighted by Gasteiger charge is 2.28. The fraction of sp³-hybridized carbons (Fsp3) is 0.583. The fourth-order valence-electron chi connectivity index (χ4n) is 1.66. The third-order valence-electron chi connectivity index (χ3n) is 2.71. The molecule has 1 aliphatic heterocycles. The van der Waals surface area contributed by atoms with E-state index in [9.17, 15) is 0 Å². The molecule has 1 N–H and O–H groups in total. The van der Waals surface area contributed by atoms with Gasteiger partial charge in [0.25, 0.3) is 0 Å². The normalized spacial score (nSPS) is 25.1. The lowest BCUT2D eigenvalue weighted by Crippen LogP contribution is -2.47. The largest absolute Gasteiger partial charge is 0.372 e. The van der Waals surface area contributed by atoms with Gasteiger partial charge in [-0.1, -0.05) is 6.07 Å². The van der Waals surface area contributed by atoms with Crippen LogP contribution >= 0.6 is 0 Å². The van der Waals surface area contributed by atoms with Crippen LogP contribution in [0.2, 0.25) is 0 Å². The van der Waals surface area contributed by atoms with Crippen LogP contribution in [-0.2, 0) is 4.74 Å². The monoisotopic (exact) mass is 206 g/mol. The van der Waals surface area contributed by atoms with Crippen LogP contribution in [-0.4, -0.2) is 23.7 Å². The van der Waals surface area contributed by atoms with Crippen LogP contribution in [0.3, 0.4) is 0 Å². The summed E-state index contributed by atoms with van der Waals surface area (Å²) in [7, 11) is 0. The topological polar surface area (TPSA) is 34.1 Å². The molecule has 15 heavy (non-hydrogen) atoms. The van der Waals surface area contributed by atoms with Crippen LogP contribution < -0.4 is 5.32 Å². The van der Waals surface area contributed by atoms with E-state index in [1.807, 2.05) is 13.1 Å². The summed E-state index contributed by atoms with van der Waals surface area (Å²) in [5.74, 6) is 0. The Bertz CT molecular complexity index is 322. The van der Waals surface area contributed by atoms with Crippen molar-refractivity contribution < 1.29 is 4.74 Å². The third kappa shape index (κ3) is 2.55. The van der Waals surface area contributed by atoms with Crippen LogP contribution in [0.25, 0.3) is 0 Å². The molecule has 3 heteroatoms. The van der Waals surface area contributed by atoms with E-state index in [-0.39, 0.29) is 11.6 Å². The zero-order chi connectivity index (χ0) is 10.9. The van der Waals surface area contributed by atoms with Crippen molar-refractivity contribution in [2.24, 2.45) is 0 Å². The average molecular weight is 206 g/mol. The number of morpholine rings is 1. The SMILES string of the molecule is Cc1ccc(C2COC(C)(C)CN2)nc1. The van der Waals surface area contributed by atoms with E-state index in [4.69, 9.17) is 4.74 Å². The number of aromatic nitrogens is 1. The number of ether oxygens (including phenoxy) is 1. The Morgan fingerprint density at radius 2 is 2.27 bits per heavy atom. The molecule has 0 saturated carbocycles. The molecule has 82 valence electrons. The first-order valence-corrected chi connectivity index (χ1v) is 5.37. The summed E-state index contributed by atoms with van der Waals surface area (Å²) in [6, 6.07) is 4.39. The number of rotatable bonds is 1. The van der Waals surface area contributed by atoms with E-state index in [0.717, 1.165) is 12.2 Å². The van der Waals surface area contributed by atoms with Gasteiger partial charge in [0.15, 0.2) is 0 Å². The molecule has 1 atom stereocenters. The summed E-state index contributed by atoms with van der Waals surface area (Å²) in [4.78, 5) is 4.41. The molecule has 1 aromatic heterocycles. The van der Waals surface area contributed by atoms with Gasteiger partial charge in [-0.05, 0) is 32.4 Å². The number of pyridine rings is 1. The Kier molecular flexibility index (Phi) is 2.76. The van der Waals surface area contributed by atoms with Crippen molar-refractivity contribution in [3.05, 3.63) is 29.6 Å². The van der Waals surface area contributed by atoms with E-state index in [1.165, 1.54) is 5.56 Å². The fourth-order valence-corrected chi connectivity index (χ4v) is 1.66. The molecule has 0 bridgehead atoms. The Hall–Kier alpha value is -0.930. The Balaban J connectivity index is 2.04. The van der Waals surface area contributed by atoms with Crippen molar-refractivity contribution in [2.75, 3.05) is 13.2 Å². The zero-order valence-electron chi connectivity index (χ0n) is 9.58. The molecular weight excluding hydrogens is 188 g/mol. The molecule has 2 rings (SSSR count). The highest BCUT2D eigenvalue weighted by atomic mass is 16.5. The number of nitrogens with zero attached hydrogens (tertiary/aromatic N) is 1. The lowest BCUT2D eigenvalue weighted by atomic mass is 10.0. The Labute approximate surface area is 90.9 Å². The smallest absolute Gasteiger partial charge is 0.0751 e. The molecule has 0 amide bonds. The number of aryl methyl sites for hydroxylation is 1. The molecule has 1 unspecified atom stereocenters. The van der Waals surface area contributed by atoms with Crippen molar-refractivity contribution in [3.63, 3.8) is 0 Å². The Morgan fingerprint density at radius 1 is 1.47 bits per heavy atom. The molecule has 1 aliphatic rings. The molecule has 1 fully saturated rings. The molecule has 1 saturated heterocycles. The lowest BCUT2D eigenvalue weighted by Gasteiger charge is -2.35. The van der Waals surface area contributed by atoms with E-state index >= 15 is 0 Å². The van der Waals surface area contributed by atoms with Gasteiger partial charge in [-0.3, -0.25) is 4.98 Å². The first-order chi connectivity index (χ1) is 7.07. The summed E-state index contributed by atoms with van der Waals surface area (Å²) in [6.07, 6.45) is 1.90. The van der Waals surface area contributed by atoms with Gasteiger partial charge in [0, 0.05) is 12.7 Å². The predicted octanol–water partition coefficient (Wildman–Crippen LogP) is 1.83. The van der Waals surface area contributed by atoms with E-state index in [1.54, 1.807) is 0 Å². The van der Waals surface area contributed by atoms with E-state index in [0.29, 0.717) is 6.61 Å². The molecule has 0 aliphatic carbocycles. The molecule has 0 spiro atoms. The minimum atomic E-state index is -0.0544. The second kappa shape index (κ2) is 3.91. The van der Waals surface area contributed by atoms with E-state index < -0.39 is 0 Å². The van der Waals surface area contributed by atoms with Crippen LogP contribution in [0.5, 0.6) is 0 Å². The second-order valence-corrected chi connectivity index (χ2v) is 4.76. The maximum atomic E-state index is 5.76. The van der Waals surface area contributed by atoms with Gasteiger partial charge in [0.05, 0.1) is 23.9 Å². The van der Waals surface area contributed by atoms with Crippen LogP contribution in [0.1, 0.15) is 31.1 Å². The first kappa shape index (κ1) is 10.6. The maximum Gasteiger partial charge on any atom is 0.0751 e. The van der Waals surface area contributed by atoms with Crippen molar-refractivity contribution in [1.82, 2.24) is 10.3 Å². The number of hydrogen-bond acceptors (Lipinski definition) is 3. The molecule has 0 radical (unpaired) electrons. The number of nitrogens with one attached hydrogen (secondary N) is 1. The third-order valence-corrected chi connectivity index (χ3v) is 2.71. The quantitative estimate of drug-likeness (QED) is 0.761.